The van der Waals surface area contributed by atoms with Crippen molar-refractivity contribution in [2.75, 3.05) is 19.8 Å². The van der Waals surface area contributed by atoms with Crippen LogP contribution in [0.4, 0.5) is 0 Å². The van der Waals surface area contributed by atoms with E-state index in [2.05, 4.69) is 9.88 Å². The number of thiazole rings is 1. The van der Waals surface area contributed by atoms with Crippen molar-refractivity contribution in [1.82, 2.24) is 9.88 Å². The molecule has 13 heavy (non-hydrogen) atoms. The van der Waals surface area contributed by atoms with E-state index in [4.69, 9.17) is 4.74 Å². The molecule has 0 N–H and O–H groups in total. The molecule has 1 aromatic heterocycles. The molecule has 0 saturated carbocycles. The summed E-state index contributed by atoms with van der Waals surface area (Å²) in [6.45, 7) is 4.05. The molecule has 0 amide bonds. The first kappa shape index (κ1) is 7.91. The minimum atomic E-state index is 0.662. The second kappa shape index (κ2) is 3.04. The SMILES string of the molecule is c1nc2c(s1)CCN(C1COC1)C2. The highest BCUT2D eigenvalue weighted by atomic mass is 32.1. The van der Waals surface area contributed by atoms with Gasteiger partial charge in [0.15, 0.2) is 0 Å². The summed E-state index contributed by atoms with van der Waals surface area (Å²) >= 11 is 1.80. The summed E-state index contributed by atoms with van der Waals surface area (Å²) in [6, 6.07) is 0.662. The lowest BCUT2D eigenvalue weighted by Crippen LogP contribution is -2.50. The van der Waals surface area contributed by atoms with Crippen molar-refractivity contribution in [1.29, 1.82) is 0 Å². The zero-order valence-electron chi connectivity index (χ0n) is 7.40. The molecule has 0 aromatic carbocycles. The molecular weight excluding hydrogens is 184 g/mol. The molecule has 1 fully saturated rings. The molecule has 0 atom stereocenters. The summed E-state index contributed by atoms with van der Waals surface area (Å²) in [7, 11) is 0. The molecule has 70 valence electrons. The van der Waals surface area contributed by atoms with Crippen LogP contribution in [0.25, 0.3) is 0 Å². The maximum absolute atomic E-state index is 5.20. The average molecular weight is 196 g/mol. The van der Waals surface area contributed by atoms with Gasteiger partial charge in [0.25, 0.3) is 0 Å². The van der Waals surface area contributed by atoms with Crippen molar-refractivity contribution >= 4 is 11.3 Å². The number of fused-ring (bicyclic) bond motifs is 1. The number of hydrogen-bond donors (Lipinski definition) is 0. The van der Waals surface area contributed by atoms with Crippen molar-refractivity contribution in [2.45, 2.75) is 19.0 Å². The van der Waals surface area contributed by atoms with Crippen molar-refractivity contribution in [3.05, 3.63) is 16.1 Å². The van der Waals surface area contributed by atoms with Crippen LogP contribution >= 0.6 is 11.3 Å². The second-order valence-corrected chi connectivity index (χ2v) is 4.57. The minimum absolute atomic E-state index is 0.662. The maximum atomic E-state index is 5.20. The predicted molar refractivity (Wildman–Crippen MR) is 50.8 cm³/mol. The monoisotopic (exact) mass is 196 g/mol. The van der Waals surface area contributed by atoms with Gasteiger partial charge in [-0.05, 0) is 6.42 Å². The molecule has 1 aromatic rings. The Labute approximate surface area is 81.3 Å². The van der Waals surface area contributed by atoms with E-state index >= 15 is 0 Å². The van der Waals surface area contributed by atoms with Gasteiger partial charge in [-0.1, -0.05) is 0 Å². The molecular formula is C9H12N2OS. The van der Waals surface area contributed by atoms with Gasteiger partial charge in [0, 0.05) is 18.0 Å². The summed E-state index contributed by atoms with van der Waals surface area (Å²) in [5.74, 6) is 0. The van der Waals surface area contributed by atoms with E-state index in [0.717, 1.165) is 19.8 Å². The Morgan fingerprint density at radius 3 is 3.23 bits per heavy atom. The fraction of sp³-hybridized carbons (Fsp3) is 0.667. The van der Waals surface area contributed by atoms with E-state index in [1.54, 1.807) is 11.3 Å². The van der Waals surface area contributed by atoms with Gasteiger partial charge in [-0.3, -0.25) is 4.90 Å². The molecule has 4 heteroatoms. The first-order valence-corrected chi connectivity index (χ1v) is 5.54. The van der Waals surface area contributed by atoms with Gasteiger partial charge in [0.05, 0.1) is 30.5 Å². The predicted octanol–water partition coefficient (Wildman–Crippen LogP) is 0.900. The summed E-state index contributed by atoms with van der Waals surface area (Å²) in [4.78, 5) is 8.36. The molecule has 0 radical (unpaired) electrons. The van der Waals surface area contributed by atoms with Crippen LogP contribution < -0.4 is 0 Å². The van der Waals surface area contributed by atoms with Gasteiger partial charge in [-0.2, -0.15) is 0 Å². The smallest absolute Gasteiger partial charge is 0.0798 e. The highest BCUT2D eigenvalue weighted by Gasteiger charge is 2.29. The molecule has 0 spiro atoms. The molecule has 2 aliphatic rings. The standard InChI is InChI=1S/C9H12N2OS/c1-2-11(7-4-12-5-7)3-8-9(1)13-6-10-8/h6-7H,1-5H2. The van der Waals surface area contributed by atoms with E-state index in [0.29, 0.717) is 6.04 Å². The third kappa shape index (κ3) is 1.29. The van der Waals surface area contributed by atoms with Gasteiger partial charge >= 0.3 is 0 Å². The number of hydrogen-bond acceptors (Lipinski definition) is 4. The molecule has 3 rings (SSSR count). The van der Waals surface area contributed by atoms with E-state index in [9.17, 15) is 0 Å². The number of aromatic nitrogens is 1. The van der Waals surface area contributed by atoms with Crippen LogP contribution in [0.2, 0.25) is 0 Å². The zero-order valence-corrected chi connectivity index (χ0v) is 8.22. The van der Waals surface area contributed by atoms with Crippen molar-refractivity contribution in [3.63, 3.8) is 0 Å². The fourth-order valence-corrected chi connectivity index (χ4v) is 2.66. The van der Waals surface area contributed by atoms with Crippen LogP contribution in [0.1, 0.15) is 10.6 Å². The van der Waals surface area contributed by atoms with Crippen molar-refractivity contribution in [3.8, 4) is 0 Å². The first-order valence-electron chi connectivity index (χ1n) is 4.66. The Morgan fingerprint density at radius 2 is 2.46 bits per heavy atom. The van der Waals surface area contributed by atoms with Crippen LogP contribution in [0.3, 0.4) is 0 Å². The first-order chi connectivity index (χ1) is 6.43. The molecule has 0 aliphatic carbocycles. The summed E-state index contributed by atoms with van der Waals surface area (Å²) < 4.78 is 5.20. The topological polar surface area (TPSA) is 25.4 Å². The van der Waals surface area contributed by atoms with Crippen LogP contribution in [-0.4, -0.2) is 35.7 Å². The Bertz CT molecular complexity index is 308. The van der Waals surface area contributed by atoms with Crippen LogP contribution in [-0.2, 0) is 17.7 Å². The Morgan fingerprint density at radius 1 is 1.54 bits per heavy atom. The quantitative estimate of drug-likeness (QED) is 0.667. The molecule has 1 saturated heterocycles. The highest BCUT2D eigenvalue weighted by Crippen LogP contribution is 2.24. The van der Waals surface area contributed by atoms with Crippen LogP contribution in [0.5, 0.6) is 0 Å². The molecule has 2 aliphatic heterocycles. The summed E-state index contributed by atoms with van der Waals surface area (Å²) in [6.07, 6.45) is 1.18. The number of rotatable bonds is 1. The van der Waals surface area contributed by atoms with Crippen molar-refractivity contribution < 1.29 is 4.74 Å². The average Bonchev–Trinajstić information content (AvgIpc) is 2.47. The molecule has 0 bridgehead atoms. The van der Waals surface area contributed by atoms with E-state index in [1.807, 2.05) is 5.51 Å². The lowest BCUT2D eigenvalue weighted by atomic mass is 10.1. The molecule has 3 nitrogen and oxygen atoms in total. The Balaban J connectivity index is 1.76. The fourth-order valence-electron chi connectivity index (χ4n) is 1.89. The lowest BCUT2D eigenvalue weighted by molar-refractivity contribution is -0.0697. The number of ether oxygens (including phenoxy) is 1. The van der Waals surface area contributed by atoms with Gasteiger partial charge in [0.1, 0.15) is 0 Å². The normalized spacial score (nSPS) is 24.0. The third-order valence-corrected chi connectivity index (χ3v) is 3.78. The maximum Gasteiger partial charge on any atom is 0.0798 e. The Hall–Kier alpha value is -0.450. The van der Waals surface area contributed by atoms with E-state index in [-0.39, 0.29) is 0 Å². The largest absolute Gasteiger partial charge is 0.378 e. The highest BCUT2D eigenvalue weighted by molar-refractivity contribution is 7.09. The summed E-state index contributed by atoms with van der Waals surface area (Å²) in [5.41, 5.74) is 3.26. The molecule has 3 heterocycles. The van der Waals surface area contributed by atoms with Crippen LogP contribution in [0, 0.1) is 0 Å². The van der Waals surface area contributed by atoms with E-state index in [1.165, 1.54) is 23.5 Å². The van der Waals surface area contributed by atoms with Crippen molar-refractivity contribution in [2.24, 2.45) is 0 Å². The molecule has 0 unspecified atom stereocenters. The van der Waals surface area contributed by atoms with Crippen LogP contribution in [0.15, 0.2) is 5.51 Å². The van der Waals surface area contributed by atoms with Gasteiger partial charge in [-0.25, -0.2) is 4.98 Å². The van der Waals surface area contributed by atoms with Gasteiger partial charge in [-0.15, -0.1) is 11.3 Å². The second-order valence-electron chi connectivity index (χ2n) is 3.63. The minimum Gasteiger partial charge on any atom is -0.378 e. The third-order valence-electron chi connectivity index (χ3n) is 2.84. The van der Waals surface area contributed by atoms with Gasteiger partial charge < -0.3 is 4.74 Å². The summed E-state index contributed by atoms with van der Waals surface area (Å²) in [5, 5.41) is 0. The van der Waals surface area contributed by atoms with Gasteiger partial charge in [0.2, 0.25) is 0 Å². The van der Waals surface area contributed by atoms with E-state index < -0.39 is 0 Å². The Kier molecular flexibility index (Phi) is 1.85. The lowest BCUT2D eigenvalue weighted by Gasteiger charge is -2.38. The zero-order chi connectivity index (χ0) is 8.67. The number of nitrogens with zero attached hydrogens (tertiary/aromatic N) is 2.